The fourth-order valence-corrected chi connectivity index (χ4v) is 3.26. The minimum absolute atomic E-state index is 0.190. The summed E-state index contributed by atoms with van der Waals surface area (Å²) in [7, 11) is 0. The Balaban J connectivity index is 1.94. The van der Waals surface area contributed by atoms with E-state index in [0.717, 1.165) is 10.9 Å². The Morgan fingerprint density at radius 2 is 2.04 bits per heavy atom. The van der Waals surface area contributed by atoms with Gasteiger partial charge in [0.25, 0.3) is 0 Å². The topological polar surface area (TPSA) is 57.1 Å². The lowest BCUT2D eigenvalue weighted by Crippen LogP contribution is -2.05. The maximum atomic E-state index is 12.2. The smallest absolute Gasteiger partial charge is 0.363 e. The highest BCUT2D eigenvalue weighted by molar-refractivity contribution is 9.10. The van der Waals surface area contributed by atoms with Crippen LogP contribution in [-0.4, -0.2) is 25.1 Å². The van der Waals surface area contributed by atoms with Gasteiger partial charge in [-0.05, 0) is 55.3 Å². The summed E-state index contributed by atoms with van der Waals surface area (Å²) in [4.78, 5) is 16.6. The Hall–Kier alpha value is -2.31. The minimum atomic E-state index is -0.518. The van der Waals surface area contributed by atoms with Crippen LogP contribution in [0.1, 0.15) is 31.4 Å². The molecule has 2 aromatic rings. The van der Waals surface area contributed by atoms with Crippen molar-refractivity contribution in [1.82, 2.24) is 0 Å². The van der Waals surface area contributed by atoms with Crippen molar-refractivity contribution < 1.29 is 19.0 Å². The number of halogens is 2. The van der Waals surface area contributed by atoms with Crippen LogP contribution in [0.5, 0.6) is 11.5 Å². The fraction of sp³-hybridized carbons (Fsp3) is 0.238. The lowest BCUT2D eigenvalue weighted by atomic mass is 10.1. The lowest BCUT2D eigenvalue weighted by molar-refractivity contribution is -0.129. The van der Waals surface area contributed by atoms with E-state index in [1.807, 2.05) is 38.1 Å². The Morgan fingerprint density at radius 3 is 2.75 bits per heavy atom. The molecule has 0 saturated carbocycles. The van der Waals surface area contributed by atoms with Crippen LogP contribution in [0, 0.1) is 0 Å². The molecule has 0 bridgehead atoms. The molecule has 7 heteroatoms. The van der Waals surface area contributed by atoms with Crippen LogP contribution in [0.25, 0.3) is 6.08 Å². The number of aliphatic imine (C=N–C) groups is 1. The van der Waals surface area contributed by atoms with Gasteiger partial charge in [-0.15, -0.1) is 0 Å². The van der Waals surface area contributed by atoms with E-state index in [9.17, 15) is 4.79 Å². The van der Waals surface area contributed by atoms with Crippen molar-refractivity contribution in [3.63, 3.8) is 0 Å². The summed E-state index contributed by atoms with van der Waals surface area (Å²) in [5.41, 5.74) is 1.57. The molecule has 0 atom stereocenters. The SMILES string of the molecule is CCCOc1c(Cl)cc(/C=C2\N=C(c3cccc(Br)c3)OC2=O)cc1OCC. The van der Waals surface area contributed by atoms with E-state index >= 15 is 0 Å². The van der Waals surface area contributed by atoms with Gasteiger partial charge in [-0.25, -0.2) is 9.79 Å². The number of benzene rings is 2. The van der Waals surface area contributed by atoms with Crippen molar-refractivity contribution in [2.24, 2.45) is 4.99 Å². The molecule has 3 rings (SSSR count). The number of carbonyl (C=O) groups is 1. The summed E-state index contributed by atoms with van der Waals surface area (Å²) in [5.74, 6) is 0.768. The van der Waals surface area contributed by atoms with Crippen LogP contribution in [0.3, 0.4) is 0 Å². The number of esters is 1. The van der Waals surface area contributed by atoms with Crippen LogP contribution in [0.4, 0.5) is 0 Å². The predicted octanol–water partition coefficient (Wildman–Crippen LogP) is 5.63. The molecule has 0 fully saturated rings. The summed E-state index contributed by atoms with van der Waals surface area (Å²) in [5, 5.41) is 0.411. The van der Waals surface area contributed by atoms with Crippen LogP contribution >= 0.6 is 27.5 Å². The molecule has 5 nitrogen and oxygen atoms in total. The molecule has 0 aliphatic carbocycles. The van der Waals surface area contributed by atoms with Crippen molar-refractivity contribution in [1.29, 1.82) is 0 Å². The molecule has 0 N–H and O–H groups in total. The second-order valence-electron chi connectivity index (χ2n) is 5.96. The van der Waals surface area contributed by atoms with Gasteiger partial charge in [-0.2, -0.15) is 0 Å². The van der Waals surface area contributed by atoms with Crippen molar-refractivity contribution in [2.45, 2.75) is 20.3 Å². The molecule has 0 saturated heterocycles. The second-order valence-corrected chi connectivity index (χ2v) is 7.28. The maximum absolute atomic E-state index is 12.2. The normalized spacial score (nSPS) is 14.8. The number of carbonyl (C=O) groups excluding carboxylic acids is 1. The molecular weight excluding hydrogens is 446 g/mol. The number of cyclic esters (lactones) is 1. The van der Waals surface area contributed by atoms with E-state index in [-0.39, 0.29) is 11.6 Å². The molecule has 0 spiro atoms. The van der Waals surface area contributed by atoms with Crippen molar-refractivity contribution in [2.75, 3.05) is 13.2 Å². The van der Waals surface area contributed by atoms with Gasteiger partial charge in [0, 0.05) is 10.0 Å². The summed E-state index contributed by atoms with van der Waals surface area (Å²) in [6.45, 7) is 4.89. The van der Waals surface area contributed by atoms with E-state index in [1.54, 1.807) is 18.2 Å². The van der Waals surface area contributed by atoms with Gasteiger partial charge in [-0.1, -0.05) is 40.5 Å². The van der Waals surface area contributed by atoms with E-state index < -0.39 is 5.97 Å². The lowest BCUT2D eigenvalue weighted by Gasteiger charge is -2.14. The van der Waals surface area contributed by atoms with Gasteiger partial charge in [0.05, 0.1) is 18.2 Å². The fourth-order valence-electron chi connectivity index (χ4n) is 2.59. The molecule has 1 aliphatic heterocycles. The van der Waals surface area contributed by atoms with Gasteiger partial charge >= 0.3 is 5.97 Å². The monoisotopic (exact) mass is 463 g/mol. The average molecular weight is 465 g/mol. The molecule has 28 heavy (non-hydrogen) atoms. The predicted molar refractivity (Wildman–Crippen MR) is 113 cm³/mol. The quantitative estimate of drug-likeness (QED) is 0.393. The maximum Gasteiger partial charge on any atom is 0.363 e. The van der Waals surface area contributed by atoms with Crippen LogP contribution in [0.15, 0.2) is 51.6 Å². The van der Waals surface area contributed by atoms with Crippen LogP contribution in [-0.2, 0) is 9.53 Å². The molecule has 1 heterocycles. The van der Waals surface area contributed by atoms with E-state index in [1.165, 1.54) is 0 Å². The first kappa shape index (κ1) is 20.4. The molecule has 146 valence electrons. The van der Waals surface area contributed by atoms with Gasteiger partial charge < -0.3 is 14.2 Å². The molecule has 1 aliphatic rings. The van der Waals surface area contributed by atoms with Crippen molar-refractivity contribution in [3.05, 3.63) is 62.7 Å². The Labute approximate surface area is 177 Å². The third-order valence-electron chi connectivity index (χ3n) is 3.78. The summed E-state index contributed by atoms with van der Waals surface area (Å²) in [6.07, 6.45) is 2.47. The number of rotatable bonds is 7. The first-order chi connectivity index (χ1) is 13.5. The molecular formula is C21H19BrClNO4. The number of ether oxygens (including phenoxy) is 3. The average Bonchev–Trinajstić information content (AvgIpc) is 3.02. The zero-order chi connectivity index (χ0) is 20.1. The van der Waals surface area contributed by atoms with Gasteiger partial charge in [0.15, 0.2) is 17.2 Å². The van der Waals surface area contributed by atoms with Crippen molar-refractivity contribution >= 4 is 45.5 Å². The molecule has 2 aromatic carbocycles. The first-order valence-corrected chi connectivity index (χ1v) is 10.1. The number of nitrogens with zero attached hydrogens (tertiary/aromatic N) is 1. The van der Waals surface area contributed by atoms with Gasteiger partial charge in [-0.3, -0.25) is 0 Å². The number of hydrogen-bond donors (Lipinski definition) is 0. The standard InChI is InChI=1S/C21H19BrClNO4/c1-3-8-27-19-16(23)9-13(11-18(19)26-4-2)10-17-21(25)28-20(24-17)14-6-5-7-15(22)12-14/h5-7,9-12H,3-4,8H2,1-2H3/b17-10-. The zero-order valence-electron chi connectivity index (χ0n) is 15.5. The van der Waals surface area contributed by atoms with Crippen molar-refractivity contribution in [3.8, 4) is 11.5 Å². The summed E-state index contributed by atoms with van der Waals surface area (Å²) < 4.78 is 17.5. The first-order valence-electron chi connectivity index (χ1n) is 8.89. The second kappa shape index (κ2) is 9.26. The molecule has 0 aromatic heterocycles. The van der Waals surface area contributed by atoms with Gasteiger partial charge in [0.2, 0.25) is 5.90 Å². The van der Waals surface area contributed by atoms with Crippen LogP contribution in [0.2, 0.25) is 5.02 Å². The van der Waals surface area contributed by atoms with E-state index in [2.05, 4.69) is 20.9 Å². The number of hydrogen-bond acceptors (Lipinski definition) is 5. The Bertz CT molecular complexity index is 955. The highest BCUT2D eigenvalue weighted by atomic mass is 79.9. The third-order valence-corrected chi connectivity index (χ3v) is 4.55. The Morgan fingerprint density at radius 1 is 1.21 bits per heavy atom. The van der Waals surface area contributed by atoms with E-state index in [4.69, 9.17) is 25.8 Å². The largest absolute Gasteiger partial charge is 0.490 e. The van der Waals surface area contributed by atoms with Gasteiger partial charge in [0.1, 0.15) is 0 Å². The van der Waals surface area contributed by atoms with Crippen LogP contribution < -0.4 is 9.47 Å². The van der Waals surface area contributed by atoms with E-state index in [0.29, 0.717) is 40.9 Å². The molecule has 0 radical (unpaired) electrons. The molecule has 0 amide bonds. The molecule has 0 unspecified atom stereocenters. The third kappa shape index (κ3) is 4.75. The summed E-state index contributed by atoms with van der Waals surface area (Å²) >= 11 is 9.78. The zero-order valence-corrected chi connectivity index (χ0v) is 17.8. The highest BCUT2D eigenvalue weighted by Gasteiger charge is 2.24. The Kier molecular flexibility index (Phi) is 6.75. The summed E-state index contributed by atoms with van der Waals surface area (Å²) in [6, 6.07) is 10.9. The minimum Gasteiger partial charge on any atom is -0.490 e. The highest BCUT2D eigenvalue weighted by Crippen LogP contribution is 2.37.